The number of benzene rings is 1. The first-order valence-electron chi connectivity index (χ1n) is 6.88. The van der Waals surface area contributed by atoms with Crippen molar-refractivity contribution in [2.45, 2.75) is 26.7 Å². The molecule has 0 atom stereocenters. The van der Waals surface area contributed by atoms with Gasteiger partial charge in [-0.05, 0) is 30.0 Å². The van der Waals surface area contributed by atoms with Crippen LogP contribution < -0.4 is 9.54 Å². The van der Waals surface area contributed by atoms with E-state index in [1.54, 1.807) is 0 Å². The smallest absolute Gasteiger partial charge is 0.286 e. The van der Waals surface area contributed by atoms with Crippen molar-refractivity contribution in [2.75, 3.05) is 6.61 Å². The fraction of sp³-hybridized carbons (Fsp3) is 0.375. The first-order chi connectivity index (χ1) is 9.97. The van der Waals surface area contributed by atoms with Gasteiger partial charge in [-0.3, -0.25) is 4.79 Å². The zero-order valence-corrected chi connectivity index (χ0v) is 13.6. The number of carbonyl (C=O) groups is 1. The maximum Gasteiger partial charge on any atom is 0.286 e. The molecule has 4 nitrogen and oxygen atoms in total. The van der Waals surface area contributed by atoms with Crippen molar-refractivity contribution in [2.24, 2.45) is 12.0 Å². The number of nitrogens with zero attached hydrogens (tertiary/aromatic N) is 2. The van der Waals surface area contributed by atoms with E-state index in [4.69, 9.17) is 4.74 Å². The average Bonchev–Trinajstić information content (AvgIpc) is 2.81. The molecule has 0 saturated carbocycles. The Morgan fingerprint density at radius 2 is 2.19 bits per heavy atom. The van der Waals surface area contributed by atoms with E-state index in [0.29, 0.717) is 10.7 Å². The minimum atomic E-state index is -0.274. The molecule has 0 aliphatic heterocycles. The van der Waals surface area contributed by atoms with Gasteiger partial charge in [0.05, 0.1) is 0 Å². The van der Waals surface area contributed by atoms with Crippen molar-refractivity contribution in [1.29, 1.82) is 0 Å². The summed E-state index contributed by atoms with van der Waals surface area (Å²) in [5.74, 6) is 0.844. The Labute approximate surface area is 128 Å². The molecule has 0 N–H and O–H groups in total. The molecule has 2 aromatic rings. The number of thiazole rings is 1. The zero-order chi connectivity index (χ0) is 15.4. The Bertz CT molecular complexity index is 698. The van der Waals surface area contributed by atoms with Gasteiger partial charge in [0.15, 0.2) is 11.4 Å². The number of aryl methyl sites for hydroxylation is 2. The normalized spacial score (nSPS) is 12.0. The van der Waals surface area contributed by atoms with Crippen LogP contribution in [-0.4, -0.2) is 17.1 Å². The monoisotopic (exact) mass is 304 g/mol. The highest BCUT2D eigenvalue weighted by molar-refractivity contribution is 7.07. The average molecular weight is 304 g/mol. The lowest BCUT2D eigenvalue weighted by atomic mass is 10.0. The van der Waals surface area contributed by atoms with Crippen LogP contribution in [0.15, 0.2) is 34.8 Å². The van der Waals surface area contributed by atoms with Gasteiger partial charge < -0.3 is 9.30 Å². The topological polar surface area (TPSA) is 43.6 Å². The fourth-order valence-corrected chi connectivity index (χ4v) is 2.70. The summed E-state index contributed by atoms with van der Waals surface area (Å²) in [5, 5.41) is 1.89. The number of carbonyl (C=O) groups excluding carboxylic acids is 1. The maximum absolute atomic E-state index is 11.9. The first-order valence-corrected chi connectivity index (χ1v) is 7.76. The molecule has 1 aromatic carbocycles. The van der Waals surface area contributed by atoms with Gasteiger partial charge in [-0.15, -0.1) is 11.3 Å². The van der Waals surface area contributed by atoms with Crippen LogP contribution in [-0.2, 0) is 11.8 Å². The Hall–Kier alpha value is -1.88. The molecule has 0 unspecified atom stereocenters. The molecule has 0 fully saturated rings. The summed E-state index contributed by atoms with van der Waals surface area (Å²) in [7, 11) is 1.86. The Balaban J connectivity index is 2.12. The number of amides is 1. The maximum atomic E-state index is 11.9. The highest BCUT2D eigenvalue weighted by Gasteiger charge is 2.10. The minimum absolute atomic E-state index is 0.0406. The van der Waals surface area contributed by atoms with Gasteiger partial charge in [-0.1, -0.05) is 26.0 Å². The van der Waals surface area contributed by atoms with Gasteiger partial charge >= 0.3 is 0 Å². The van der Waals surface area contributed by atoms with Crippen molar-refractivity contribution in [1.82, 2.24) is 4.57 Å². The van der Waals surface area contributed by atoms with Crippen molar-refractivity contribution >= 4 is 17.2 Å². The molecule has 112 valence electrons. The van der Waals surface area contributed by atoms with E-state index < -0.39 is 0 Å². The molecule has 0 bridgehead atoms. The van der Waals surface area contributed by atoms with Crippen LogP contribution in [0.2, 0.25) is 0 Å². The van der Waals surface area contributed by atoms with Crippen LogP contribution in [0, 0.1) is 6.92 Å². The summed E-state index contributed by atoms with van der Waals surface area (Å²) < 4.78 is 7.50. The molecule has 0 saturated heterocycles. The number of hydrogen-bond donors (Lipinski definition) is 0. The lowest BCUT2D eigenvalue weighted by molar-refractivity contribution is -0.120. The third-order valence-electron chi connectivity index (χ3n) is 3.12. The van der Waals surface area contributed by atoms with Crippen molar-refractivity contribution < 1.29 is 9.53 Å². The van der Waals surface area contributed by atoms with Crippen LogP contribution in [0.1, 0.15) is 30.9 Å². The molecule has 0 aliphatic carbocycles. The van der Waals surface area contributed by atoms with E-state index in [9.17, 15) is 4.79 Å². The van der Waals surface area contributed by atoms with Crippen LogP contribution >= 0.6 is 11.3 Å². The molecular weight excluding hydrogens is 284 g/mol. The quantitative estimate of drug-likeness (QED) is 0.871. The van der Waals surface area contributed by atoms with Crippen LogP contribution in [0.4, 0.5) is 0 Å². The lowest BCUT2D eigenvalue weighted by Gasteiger charge is -2.13. The van der Waals surface area contributed by atoms with E-state index in [0.717, 1.165) is 16.9 Å². The summed E-state index contributed by atoms with van der Waals surface area (Å²) in [6.07, 6.45) is 1.87. The second kappa shape index (κ2) is 6.72. The van der Waals surface area contributed by atoms with E-state index in [1.807, 2.05) is 36.2 Å². The Kier molecular flexibility index (Phi) is 4.96. The molecule has 1 amide bonds. The molecule has 2 rings (SSSR count). The highest BCUT2D eigenvalue weighted by Crippen LogP contribution is 2.27. The number of aromatic nitrogens is 1. The van der Waals surface area contributed by atoms with E-state index in [1.165, 1.54) is 11.3 Å². The molecule has 0 aliphatic rings. The summed E-state index contributed by atoms with van der Waals surface area (Å²) in [6, 6.07) is 6.07. The third kappa shape index (κ3) is 4.04. The van der Waals surface area contributed by atoms with Crippen LogP contribution in [0.3, 0.4) is 0 Å². The molecule has 1 heterocycles. The Morgan fingerprint density at radius 3 is 2.81 bits per heavy atom. The van der Waals surface area contributed by atoms with Crippen molar-refractivity contribution in [3.8, 4) is 5.75 Å². The van der Waals surface area contributed by atoms with Gasteiger partial charge in [0.25, 0.3) is 5.91 Å². The van der Waals surface area contributed by atoms with Crippen LogP contribution in [0.5, 0.6) is 5.75 Å². The predicted octanol–water partition coefficient (Wildman–Crippen LogP) is 3.02. The summed E-state index contributed by atoms with van der Waals surface area (Å²) in [6.45, 7) is 6.18. The van der Waals surface area contributed by atoms with Crippen molar-refractivity contribution in [3.05, 3.63) is 45.7 Å². The standard InChI is InChI=1S/C16H20N2O2S/c1-11(2)13-6-5-12(3)9-14(13)20-10-15(19)17-16-18(4)7-8-21-16/h5-9,11H,10H2,1-4H3. The van der Waals surface area contributed by atoms with E-state index >= 15 is 0 Å². The van der Waals surface area contributed by atoms with E-state index in [2.05, 4.69) is 31.0 Å². The predicted molar refractivity (Wildman–Crippen MR) is 84.6 cm³/mol. The first kappa shape index (κ1) is 15.5. The van der Waals surface area contributed by atoms with E-state index in [-0.39, 0.29) is 12.5 Å². The molecule has 0 spiro atoms. The third-order valence-corrected chi connectivity index (χ3v) is 3.97. The largest absolute Gasteiger partial charge is 0.483 e. The molecule has 21 heavy (non-hydrogen) atoms. The molecular formula is C16H20N2O2S. The number of rotatable bonds is 4. The fourth-order valence-electron chi connectivity index (χ4n) is 1.96. The second-order valence-corrected chi connectivity index (χ2v) is 6.16. The summed E-state index contributed by atoms with van der Waals surface area (Å²) in [5.41, 5.74) is 2.22. The highest BCUT2D eigenvalue weighted by atomic mass is 32.1. The van der Waals surface area contributed by atoms with Gasteiger partial charge in [0.1, 0.15) is 5.75 Å². The second-order valence-electron chi connectivity index (χ2n) is 5.29. The van der Waals surface area contributed by atoms with Gasteiger partial charge in [-0.25, -0.2) is 0 Å². The lowest BCUT2D eigenvalue weighted by Crippen LogP contribution is -2.17. The summed E-state index contributed by atoms with van der Waals surface area (Å²) in [4.78, 5) is 16.6. The van der Waals surface area contributed by atoms with Gasteiger partial charge in [-0.2, -0.15) is 4.99 Å². The van der Waals surface area contributed by atoms with Crippen molar-refractivity contribution in [3.63, 3.8) is 0 Å². The molecule has 1 aromatic heterocycles. The summed E-state index contributed by atoms with van der Waals surface area (Å²) >= 11 is 1.43. The van der Waals surface area contributed by atoms with Gasteiger partial charge in [0.2, 0.25) is 0 Å². The van der Waals surface area contributed by atoms with Gasteiger partial charge in [0, 0.05) is 18.6 Å². The number of hydrogen-bond acceptors (Lipinski definition) is 3. The number of ether oxygens (including phenoxy) is 1. The SMILES string of the molecule is Cc1ccc(C(C)C)c(OCC(=O)N=c2sccn2C)c1. The molecule has 5 heteroatoms. The minimum Gasteiger partial charge on any atom is -0.483 e. The molecule has 0 radical (unpaired) electrons. The van der Waals surface area contributed by atoms with Crippen LogP contribution in [0.25, 0.3) is 0 Å². The zero-order valence-electron chi connectivity index (χ0n) is 12.8. The Morgan fingerprint density at radius 1 is 1.43 bits per heavy atom.